The number of nitrogens with zero attached hydrogens (tertiary/aromatic N) is 4. The van der Waals surface area contributed by atoms with E-state index in [0.717, 1.165) is 43.4 Å². The van der Waals surface area contributed by atoms with Gasteiger partial charge in [0.15, 0.2) is 5.60 Å². The van der Waals surface area contributed by atoms with E-state index in [9.17, 15) is 24.3 Å². The van der Waals surface area contributed by atoms with E-state index in [0.29, 0.717) is 55.8 Å². The molecule has 11 heteroatoms. The Kier molecular flexibility index (Phi) is 9.26. The summed E-state index contributed by atoms with van der Waals surface area (Å²) in [4.78, 5) is 61.2. The molecule has 2 aromatic carbocycles. The van der Waals surface area contributed by atoms with Gasteiger partial charge in [-0.1, -0.05) is 19.1 Å². The van der Waals surface area contributed by atoms with Crippen molar-refractivity contribution in [2.24, 2.45) is 11.8 Å². The van der Waals surface area contributed by atoms with Crippen molar-refractivity contribution in [3.63, 3.8) is 0 Å². The molecule has 5 atom stereocenters. The first kappa shape index (κ1) is 34.6. The number of alkyl halides is 1. The van der Waals surface area contributed by atoms with Gasteiger partial charge in [0.2, 0.25) is 17.7 Å². The summed E-state index contributed by atoms with van der Waals surface area (Å²) in [6.45, 7) is 6.67. The van der Waals surface area contributed by atoms with Gasteiger partial charge in [-0.15, -0.1) is 0 Å². The summed E-state index contributed by atoms with van der Waals surface area (Å²) in [5.74, 6) is -1.85. The summed E-state index contributed by atoms with van der Waals surface area (Å²) in [6.07, 6.45) is 5.05. The monoisotopic (exact) mass is 688 g/mol. The first-order valence-electron chi connectivity index (χ1n) is 18.4. The van der Waals surface area contributed by atoms with Crippen LogP contribution in [0.4, 0.5) is 21.5 Å². The lowest BCUT2D eigenvalue weighted by atomic mass is 9.71. The van der Waals surface area contributed by atoms with Gasteiger partial charge >= 0.3 is 0 Å². The molecule has 1 N–H and O–H groups in total. The Balaban J connectivity index is 1.26. The average Bonchev–Trinajstić information content (AvgIpc) is 3.76. The SMILES string of the molecule is C[C@H]1[C@H](C(C)(C)F)[C@@H](CC(=O)N2CCC[C@H]2CO)O[C@]12C(=O)N(Cc1ccc(N3CCCCC3=O)cc1)c1ccc(N3CCCCC3=O)cc12. The number of carbonyl (C=O) groups excluding carboxylic acids is 4. The van der Waals surface area contributed by atoms with Crippen LogP contribution in [0.15, 0.2) is 42.5 Å². The molecule has 7 rings (SSSR count). The highest BCUT2D eigenvalue weighted by atomic mass is 19.1. The Hall–Kier alpha value is -3.83. The molecule has 0 unspecified atom stereocenters. The molecular weight excluding hydrogens is 639 g/mol. The smallest absolute Gasteiger partial charge is 0.264 e. The minimum Gasteiger partial charge on any atom is -0.394 e. The Morgan fingerprint density at radius 3 is 2.18 bits per heavy atom. The number of fused-ring (bicyclic) bond motifs is 2. The van der Waals surface area contributed by atoms with Gasteiger partial charge in [-0.3, -0.25) is 19.2 Å². The standard InChI is InChI=1S/C39H49FN4O6/c1-25-36(38(2,3)40)32(22-35(48)43-20-8-9-29(43)24-45)50-39(25)30-21-28(42-19-7-5-11-34(42)47)16-17-31(30)44(37(39)49)23-26-12-14-27(15-13-26)41-18-6-4-10-33(41)46/h12-17,21,25,29,32,36,45H,4-11,18-20,22-24H2,1-3H3/t25-,29-,32+,36-,39+/m0/s1. The van der Waals surface area contributed by atoms with Gasteiger partial charge in [-0.05, 0) is 88.3 Å². The van der Waals surface area contributed by atoms with E-state index in [1.165, 1.54) is 13.8 Å². The maximum absolute atomic E-state index is 16.3. The van der Waals surface area contributed by atoms with E-state index in [4.69, 9.17) is 4.74 Å². The predicted molar refractivity (Wildman–Crippen MR) is 187 cm³/mol. The van der Waals surface area contributed by atoms with Crippen molar-refractivity contribution in [3.05, 3.63) is 53.6 Å². The fourth-order valence-corrected chi connectivity index (χ4v) is 9.33. The van der Waals surface area contributed by atoms with Crippen LogP contribution < -0.4 is 14.7 Å². The van der Waals surface area contributed by atoms with Crippen molar-refractivity contribution >= 4 is 40.7 Å². The molecule has 0 aromatic heterocycles. The molecule has 4 amide bonds. The topological polar surface area (TPSA) is 111 Å². The van der Waals surface area contributed by atoms with Crippen molar-refractivity contribution in [2.45, 2.75) is 109 Å². The summed E-state index contributed by atoms with van der Waals surface area (Å²) in [5.41, 5.74) is 0.206. The number of likely N-dealkylation sites (tertiary alicyclic amines) is 1. The van der Waals surface area contributed by atoms with Gasteiger partial charge in [-0.2, -0.15) is 0 Å². The molecule has 4 fully saturated rings. The second kappa shape index (κ2) is 13.4. The number of piperidine rings is 2. The fourth-order valence-electron chi connectivity index (χ4n) is 9.33. The van der Waals surface area contributed by atoms with Crippen LogP contribution in [-0.2, 0) is 36.1 Å². The lowest BCUT2D eigenvalue weighted by molar-refractivity contribution is -0.150. The maximum Gasteiger partial charge on any atom is 0.264 e. The Morgan fingerprint density at radius 2 is 1.56 bits per heavy atom. The van der Waals surface area contributed by atoms with Gasteiger partial charge in [0.25, 0.3) is 5.91 Å². The van der Waals surface area contributed by atoms with E-state index in [1.54, 1.807) is 19.6 Å². The van der Waals surface area contributed by atoms with Crippen molar-refractivity contribution in [1.29, 1.82) is 0 Å². The number of aliphatic hydroxyl groups excluding tert-OH is 1. The number of hydrogen-bond acceptors (Lipinski definition) is 6. The zero-order chi connectivity index (χ0) is 35.4. The maximum atomic E-state index is 16.3. The zero-order valence-electron chi connectivity index (χ0n) is 29.4. The third kappa shape index (κ3) is 5.89. The van der Waals surface area contributed by atoms with Crippen LogP contribution in [0.2, 0.25) is 0 Å². The highest BCUT2D eigenvalue weighted by Crippen LogP contribution is 2.59. The van der Waals surface area contributed by atoms with Crippen LogP contribution in [0.25, 0.3) is 0 Å². The number of amides is 4. The van der Waals surface area contributed by atoms with Crippen LogP contribution in [0.3, 0.4) is 0 Å². The molecule has 50 heavy (non-hydrogen) atoms. The number of halogens is 1. The molecular formula is C39H49FN4O6. The first-order valence-corrected chi connectivity index (χ1v) is 18.4. The van der Waals surface area contributed by atoms with E-state index < -0.39 is 29.2 Å². The van der Waals surface area contributed by atoms with E-state index in [2.05, 4.69) is 0 Å². The van der Waals surface area contributed by atoms with Gasteiger partial charge in [-0.25, -0.2) is 4.39 Å². The van der Waals surface area contributed by atoms with Crippen molar-refractivity contribution in [3.8, 4) is 0 Å². The van der Waals surface area contributed by atoms with Crippen LogP contribution in [0.1, 0.15) is 89.7 Å². The molecule has 1 spiro atoms. The minimum absolute atomic E-state index is 0.0226. The third-order valence-corrected chi connectivity index (χ3v) is 11.8. The molecule has 0 bridgehead atoms. The number of hydrogen-bond donors (Lipinski definition) is 1. The van der Waals surface area contributed by atoms with Gasteiger partial charge in [0.05, 0.1) is 37.4 Å². The van der Waals surface area contributed by atoms with E-state index >= 15 is 4.39 Å². The van der Waals surface area contributed by atoms with Crippen molar-refractivity contribution in [2.75, 3.05) is 40.9 Å². The summed E-state index contributed by atoms with van der Waals surface area (Å²) >= 11 is 0. The van der Waals surface area contributed by atoms with Crippen LogP contribution in [0, 0.1) is 11.8 Å². The van der Waals surface area contributed by atoms with Crippen molar-refractivity contribution in [1.82, 2.24) is 4.90 Å². The minimum atomic E-state index is -1.79. The molecule has 5 aliphatic rings. The van der Waals surface area contributed by atoms with Crippen molar-refractivity contribution < 1.29 is 33.4 Å². The Labute approximate surface area is 293 Å². The number of anilines is 3. The highest BCUT2D eigenvalue weighted by Gasteiger charge is 2.66. The number of carbonyl (C=O) groups is 4. The number of ether oxygens (including phenoxy) is 1. The largest absolute Gasteiger partial charge is 0.394 e. The third-order valence-electron chi connectivity index (χ3n) is 11.8. The quantitative estimate of drug-likeness (QED) is 0.407. The Bertz CT molecular complexity index is 1660. The molecule has 5 heterocycles. The second-order valence-electron chi connectivity index (χ2n) is 15.3. The average molecular weight is 689 g/mol. The molecule has 10 nitrogen and oxygen atoms in total. The molecule has 0 aliphatic carbocycles. The molecule has 0 radical (unpaired) electrons. The Morgan fingerprint density at radius 1 is 0.920 bits per heavy atom. The van der Waals surface area contributed by atoms with E-state index in [1.807, 2.05) is 49.4 Å². The molecule has 268 valence electrons. The van der Waals surface area contributed by atoms with E-state index in [-0.39, 0.29) is 49.2 Å². The lowest BCUT2D eigenvalue weighted by Gasteiger charge is -2.33. The zero-order valence-corrected chi connectivity index (χ0v) is 29.4. The number of rotatable bonds is 8. The lowest BCUT2D eigenvalue weighted by Crippen LogP contribution is -2.45. The highest BCUT2D eigenvalue weighted by molar-refractivity contribution is 6.08. The normalized spacial score (nSPS) is 28.7. The van der Waals surface area contributed by atoms with Gasteiger partial charge in [0.1, 0.15) is 5.67 Å². The van der Waals surface area contributed by atoms with Crippen LogP contribution in [0.5, 0.6) is 0 Å². The fraction of sp³-hybridized carbons (Fsp3) is 0.590. The second-order valence-corrected chi connectivity index (χ2v) is 15.3. The molecule has 5 aliphatic heterocycles. The molecule has 0 saturated carbocycles. The predicted octanol–water partition coefficient (Wildman–Crippen LogP) is 5.24. The summed E-state index contributed by atoms with van der Waals surface area (Å²) in [6, 6.07) is 13.0. The van der Waals surface area contributed by atoms with Crippen LogP contribution in [-0.4, -0.2) is 77.7 Å². The summed E-state index contributed by atoms with van der Waals surface area (Å²) < 4.78 is 23.2. The molecule has 4 saturated heterocycles. The molecule has 2 aromatic rings. The summed E-state index contributed by atoms with van der Waals surface area (Å²) in [5, 5.41) is 9.90. The number of aliphatic hydroxyl groups is 1. The first-order chi connectivity index (χ1) is 23.9. The van der Waals surface area contributed by atoms with Gasteiger partial charge in [0, 0.05) is 61.2 Å². The summed E-state index contributed by atoms with van der Waals surface area (Å²) in [7, 11) is 0. The van der Waals surface area contributed by atoms with Crippen LogP contribution >= 0.6 is 0 Å². The van der Waals surface area contributed by atoms with Gasteiger partial charge < -0.3 is 29.4 Å². The number of benzene rings is 2.